The summed E-state index contributed by atoms with van der Waals surface area (Å²) in [4.78, 5) is 6.79. The van der Waals surface area contributed by atoms with Gasteiger partial charge in [-0.25, -0.2) is 4.99 Å². The Bertz CT molecular complexity index is 499. The Balaban J connectivity index is 2.47. The van der Waals surface area contributed by atoms with Crippen LogP contribution in [0, 0.1) is 0 Å². The highest BCUT2D eigenvalue weighted by molar-refractivity contribution is 6.76. The Morgan fingerprint density at radius 3 is 2.31 bits per heavy atom. The second-order valence-corrected chi connectivity index (χ2v) is 4.87. The van der Waals surface area contributed by atoms with Crippen LogP contribution in [0.15, 0.2) is 27.9 Å². The van der Waals surface area contributed by atoms with E-state index in [1.54, 1.807) is 12.1 Å². The summed E-state index contributed by atoms with van der Waals surface area (Å²) in [5.41, 5.74) is 1.02. The molecule has 2 heterocycles. The van der Waals surface area contributed by atoms with Crippen LogP contribution >= 0.6 is 58.0 Å². The Morgan fingerprint density at radius 2 is 1.88 bits per heavy atom. The van der Waals surface area contributed by atoms with Crippen LogP contribution in [0.1, 0.15) is 5.69 Å². The number of hydrogen-bond donors (Lipinski definition) is 1. The molecule has 0 saturated heterocycles. The summed E-state index contributed by atoms with van der Waals surface area (Å²) in [5.74, 6) is 0. The molecule has 7 heteroatoms. The van der Waals surface area contributed by atoms with E-state index in [4.69, 9.17) is 58.0 Å². The van der Waals surface area contributed by atoms with E-state index < -0.39 is 0 Å². The topological polar surface area (TPSA) is 28.1 Å². The molecule has 1 N–H and O–H groups in total. The van der Waals surface area contributed by atoms with Crippen LogP contribution in [0.2, 0.25) is 10.2 Å². The van der Waals surface area contributed by atoms with Crippen molar-refractivity contribution in [1.82, 2.24) is 4.98 Å². The van der Waals surface area contributed by atoms with E-state index in [-0.39, 0.29) is 5.17 Å². The second kappa shape index (κ2) is 4.63. The predicted molar refractivity (Wildman–Crippen MR) is 70.8 cm³/mol. The number of rotatable bonds is 1. The van der Waals surface area contributed by atoms with Crippen molar-refractivity contribution >= 4 is 68.2 Å². The number of H-pyrrole nitrogens is 1. The van der Waals surface area contributed by atoms with E-state index >= 15 is 0 Å². The molecule has 0 amide bonds. The number of aromatic amines is 1. The molecule has 0 atom stereocenters. The summed E-state index contributed by atoms with van der Waals surface area (Å²) >= 11 is 29.1. The molecule has 84 valence electrons. The number of hydrogen-bond acceptors (Lipinski definition) is 1. The van der Waals surface area contributed by atoms with E-state index in [1.165, 1.54) is 0 Å². The molecule has 0 radical (unpaired) electrons. The number of halogens is 5. The Labute approximate surface area is 116 Å². The van der Waals surface area contributed by atoms with Gasteiger partial charge in [0.1, 0.15) is 10.3 Å². The minimum atomic E-state index is 0.207. The molecule has 2 rings (SSSR count). The van der Waals surface area contributed by atoms with Crippen LogP contribution in [0.3, 0.4) is 0 Å². The highest BCUT2D eigenvalue weighted by atomic mass is 35.5. The average molecular weight is 316 g/mol. The standard InChI is InChI=1S/C9H3Cl5N2/c10-3-1-5(15-8(3)13)7(12)6-2-4(11)9(14)16-6/h1-2,15H/b7-6+. The van der Waals surface area contributed by atoms with Crippen molar-refractivity contribution in [2.45, 2.75) is 0 Å². The first-order valence-electron chi connectivity index (χ1n) is 4.05. The lowest BCUT2D eigenvalue weighted by Crippen LogP contribution is -1.80. The van der Waals surface area contributed by atoms with Gasteiger partial charge in [-0.2, -0.15) is 0 Å². The van der Waals surface area contributed by atoms with E-state index in [9.17, 15) is 0 Å². The van der Waals surface area contributed by atoms with Gasteiger partial charge in [0.2, 0.25) is 0 Å². The van der Waals surface area contributed by atoms with Gasteiger partial charge in [-0.3, -0.25) is 0 Å². The predicted octanol–water partition coefficient (Wildman–Crippen LogP) is 5.00. The lowest BCUT2D eigenvalue weighted by Gasteiger charge is -1.96. The van der Waals surface area contributed by atoms with Crippen molar-refractivity contribution in [3.8, 4) is 0 Å². The van der Waals surface area contributed by atoms with Crippen molar-refractivity contribution in [1.29, 1.82) is 0 Å². The fourth-order valence-corrected chi connectivity index (χ4v) is 1.95. The van der Waals surface area contributed by atoms with Gasteiger partial charge >= 0.3 is 0 Å². The van der Waals surface area contributed by atoms with Crippen LogP contribution in [-0.4, -0.2) is 10.2 Å². The zero-order valence-electron chi connectivity index (χ0n) is 7.49. The molecule has 0 unspecified atom stereocenters. The Hall–Kier alpha value is -0.120. The van der Waals surface area contributed by atoms with Gasteiger partial charge < -0.3 is 4.98 Å². The smallest absolute Gasteiger partial charge is 0.148 e. The number of allylic oxidation sites excluding steroid dienone is 2. The molecule has 2 nitrogen and oxygen atoms in total. The SMILES string of the molecule is ClC1=C/C(=C(\Cl)c2cc(Cl)c(Cl)[nH]2)N=C1Cl. The first-order chi connectivity index (χ1) is 7.49. The minimum Gasteiger partial charge on any atom is -0.344 e. The summed E-state index contributed by atoms with van der Waals surface area (Å²) in [7, 11) is 0. The normalized spacial score (nSPS) is 18.6. The van der Waals surface area contributed by atoms with E-state index in [0.29, 0.717) is 31.6 Å². The number of aliphatic imine (C=N–C) groups is 1. The maximum Gasteiger partial charge on any atom is 0.148 e. The first-order valence-corrected chi connectivity index (χ1v) is 5.94. The van der Waals surface area contributed by atoms with Crippen molar-refractivity contribution in [2.75, 3.05) is 0 Å². The van der Waals surface area contributed by atoms with Gasteiger partial charge in [-0.15, -0.1) is 0 Å². The molecule has 1 aromatic rings. The summed E-state index contributed by atoms with van der Waals surface area (Å²) in [5, 5.41) is 1.61. The maximum absolute atomic E-state index is 6.09. The van der Waals surface area contributed by atoms with E-state index in [0.717, 1.165) is 0 Å². The van der Waals surface area contributed by atoms with Gasteiger partial charge in [0, 0.05) is 0 Å². The molecule has 0 spiro atoms. The molecule has 0 aliphatic carbocycles. The summed E-state index contributed by atoms with van der Waals surface area (Å²) in [6.45, 7) is 0. The molecule has 0 saturated carbocycles. The lowest BCUT2D eigenvalue weighted by molar-refractivity contribution is 1.35. The molecular weight excluding hydrogens is 313 g/mol. The summed E-state index contributed by atoms with van der Waals surface area (Å²) in [6.07, 6.45) is 1.56. The monoisotopic (exact) mass is 314 g/mol. The van der Waals surface area contributed by atoms with Crippen molar-refractivity contribution in [3.05, 3.63) is 38.7 Å². The van der Waals surface area contributed by atoms with Gasteiger partial charge in [0.15, 0.2) is 0 Å². The third-order valence-electron chi connectivity index (χ3n) is 1.87. The van der Waals surface area contributed by atoms with Gasteiger partial charge in [0.25, 0.3) is 0 Å². The number of nitrogens with one attached hydrogen (secondary N) is 1. The van der Waals surface area contributed by atoms with Gasteiger partial charge in [-0.1, -0.05) is 58.0 Å². The molecule has 0 aromatic carbocycles. The van der Waals surface area contributed by atoms with Crippen molar-refractivity contribution in [2.24, 2.45) is 4.99 Å². The Morgan fingerprint density at radius 1 is 1.19 bits per heavy atom. The van der Waals surface area contributed by atoms with Crippen LogP contribution in [0.25, 0.3) is 5.03 Å². The van der Waals surface area contributed by atoms with Crippen LogP contribution < -0.4 is 0 Å². The number of nitrogens with zero attached hydrogens (tertiary/aromatic N) is 1. The molecular formula is C9H3Cl5N2. The largest absolute Gasteiger partial charge is 0.344 e. The van der Waals surface area contributed by atoms with E-state index in [2.05, 4.69) is 9.98 Å². The zero-order valence-corrected chi connectivity index (χ0v) is 11.3. The van der Waals surface area contributed by atoms with Crippen molar-refractivity contribution < 1.29 is 0 Å². The summed E-state index contributed by atoms with van der Waals surface area (Å²) < 4.78 is 0. The van der Waals surface area contributed by atoms with Crippen LogP contribution in [0.4, 0.5) is 0 Å². The van der Waals surface area contributed by atoms with Crippen molar-refractivity contribution in [3.63, 3.8) is 0 Å². The summed E-state index contributed by atoms with van der Waals surface area (Å²) in [6, 6.07) is 1.60. The van der Waals surface area contributed by atoms with Crippen LogP contribution in [0.5, 0.6) is 0 Å². The van der Waals surface area contributed by atoms with Crippen LogP contribution in [-0.2, 0) is 0 Å². The third kappa shape index (κ3) is 2.27. The zero-order chi connectivity index (χ0) is 11.9. The highest BCUT2D eigenvalue weighted by Gasteiger charge is 2.16. The highest BCUT2D eigenvalue weighted by Crippen LogP contribution is 2.33. The van der Waals surface area contributed by atoms with Gasteiger partial charge in [-0.05, 0) is 12.1 Å². The molecule has 1 aliphatic heterocycles. The van der Waals surface area contributed by atoms with Gasteiger partial charge in [0.05, 0.1) is 26.5 Å². The quantitative estimate of drug-likeness (QED) is 0.755. The maximum atomic E-state index is 6.09. The van der Waals surface area contributed by atoms with E-state index in [1.807, 2.05) is 0 Å². The first kappa shape index (κ1) is 12.3. The molecule has 1 aromatic heterocycles. The molecule has 0 bridgehead atoms. The molecule has 16 heavy (non-hydrogen) atoms. The lowest BCUT2D eigenvalue weighted by atomic mass is 10.3. The molecule has 1 aliphatic rings. The third-order valence-corrected chi connectivity index (χ3v) is 3.63. The molecule has 0 fully saturated rings. The average Bonchev–Trinajstić information content (AvgIpc) is 2.72. The number of aromatic nitrogens is 1. The Kier molecular flexibility index (Phi) is 3.57. The fourth-order valence-electron chi connectivity index (χ4n) is 1.14. The minimum absolute atomic E-state index is 0.207. The fraction of sp³-hybridized carbons (Fsp3) is 0. The second-order valence-electron chi connectivity index (χ2n) is 2.94.